The van der Waals surface area contributed by atoms with E-state index in [2.05, 4.69) is 45.2 Å². The van der Waals surface area contributed by atoms with Crippen LogP contribution in [0.1, 0.15) is 22.6 Å². The van der Waals surface area contributed by atoms with E-state index in [1.165, 1.54) is 10.8 Å². The summed E-state index contributed by atoms with van der Waals surface area (Å²) in [6.45, 7) is 1.67. The molecule has 0 fully saturated rings. The van der Waals surface area contributed by atoms with Crippen molar-refractivity contribution in [2.45, 2.75) is 19.5 Å². The van der Waals surface area contributed by atoms with Crippen molar-refractivity contribution in [1.29, 1.82) is 0 Å². The number of hydrogen-bond donors (Lipinski definition) is 1. The quantitative estimate of drug-likeness (QED) is 0.348. The summed E-state index contributed by atoms with van der Waals surface area (Å²) in [5.41, 5.74) is 2.50. The van der Waals surface area contributed by atoms with E-state index >= 15 is 0 Å². The van der Waals surface area contributed by atoms with E-state index in [1.54, 1.807) is 24.5 Å². The predicted molar refractivity (Wildman–Crippen MR) is 129 cm³/mol. The number of para-hydroxylation sites is 2. The zero-order valence-electron chi connectivity index (χ0n) is 18.1. The normalized spacial score (nSPS) is 11.0. The fraction of sp³-hybridized carbons (Fsp3) is 0.148. The van der Waals surface area contributed by atoms with Crippen LogP contribution in [0.4, 0.5) is 0 Å². The number of fused-ring (bicyclic) bond motifs is 2. The maximum atomic E-state index is 12.4. The summed E-state index contributed by atoms with van der Waals surface area (Å²) in [5.74, 6) is 1.52. The van der Waals surface area contributed by atoms with Crippen molar-refractivity contribution in [3.63, 3.8) is 0 Å². The molecule has 0 aliphatic rings. The molecule has 2 aromatic heterocycles. The topological polar surface area (TPSA) is 69.0 Å². The number of amides is 1. The molecular weight excluding hydrogens is 412 g/mol. The monoisotopic (exact) mass is 436 g/mol. The van der Waals surface area contributed by atoms with E-state index < -0.39 is 0 Å². The first-order valence-corrected chi connectivity index (χ1v) is 11.0. The van der Waals surface area contributed by atoms with Gasteiger partial charge in [0.15, 0.2) is 0 Å². The Kier molecular flexibility index (Phi) is 5.97. The Morgan fingerprint density at radius 1 is 0.939 bits per heavy atom. The molecule has 0 aliphatic heterocycles. The summed E-state index contributed by atoms with van der Waals surface area (Å²) < 4.78 is 8.17. The summed E-state index contributed by atoms with van der Waals surface area (Å²) in [5, 5.41) is 5.33. The van der Waals surface area contributed by atoms with Gasteiger partial charge in [-0.25, -0.2) is 4.98 Å². The Morgan fingerprint density at radius 3 is 2.67 bits per heavy atom. The maximum Gasteiger partial charge on any atom is 0.253 e. The Balaban J connectivity index is 1.25. The number of benzene rings is 3. The van der Waals surface area contributed by atoms with Gasteiger partial charge in [-0.05, 0) is 53.6 Å². The third-order valence-electron chi connectivity index (χ3n) is 5.58. The second-order valence-electron chi connectivity index (χ2n) is 7.80. The SMILES string of the molecule is O=C(NCc1nc2ccccc2n1CCCOc1ccc2ccccc2c1)c1cccnc1. The maximum absolute atomic E-state index is 12.4. The highest BCUT2D eigenvalue weighted by atomic mass is 16.5. The molecule has 6 nitrogen and oxygen atoms in total. The average molecular weight is 437 g/mol. The molecule has 164 valence electrons. The first-order valence-electron chi connectivity index (χ1n) is 11.0. The van der Waals surface area contributed by atoms with Gasteiger partial charge in [0.2, 0.25) is 0 Å². The number of pyridine rings is 1. The van der Waals surface area contributed by atoms with Crippen LogP contribution in [0.5, 0.6) is 5.75 Å². The van der Waals surface area contributed by atoms with Crippen molar-refractivity contribution in [3.8, 4) is 5.75 Å². The second-order valence-corrected chi connectivity index (χ2v) is 7.80. The van der Waals surface area contributed by atoms with E-state index in [9.17, 15) is 4.79 Å². The smallest absolute Gasteiger partial charge is 0.253 e. The minimum Gasteiger partial charge on any atom is -0.494 e. The number of carbonyl (C=O) groups excluding carboxylic acids is 1. The van der Waals surface area contributed by atoms with Gasteiger partial charge in [0.25, 0.3) is 5.91 Å². The van der Waals surface area contributed by atoms with E-state index in [0.29, 0.717) is 18.7 Å². The fourth-order valence-electron chi connectivity index (χ4n) is 3.94. The predicted octanol–water partition coefficient (Wildman–Crippen LogP) is 4.98. The highest BCUT2D eigenvalue weighted by Gasteiger charge is 2.12. The van der Waals surface area contributed by atoms with E-state index in [4.69, 9.17) is 9.72 Å². The minimum absolute atomic E-state index is 0.165. The molecule has 33 heavy (non-hydrogen) atoms. The van der Waals surface area contributed by atoms with Gasteiger partial charge in [0.05, 0.1) is 29.7 Å². The molecule has 0 aliphatic carbocycles. The van der Waals surface area contributed by atoms with Crippen LogP contribution in [-0.4, -0.2) is 27.0 Å². The molecule has 1 amide bonds. The first-order chi connectivity index (χ1) is 16.3. The van der Waals surface area contributed by atoms with Gasteiger partial charge in [-0.2, -0.15) is 0 Å². The molecule has 2 heterocycles. The van der Waals surface area contributed by atoms with Crippen molar-refractivity contribution >= 4 is 27.7 Å². The molecule has 0 bridgehead atoms. The van der Waals surface area contributed by atoms with Crippen molar-refractivity contribution in [2.24, 2.45) is 0 Å². The summed E-state index contributed by atoms with van der Waals surface area (Å²) in [7, 11) is 0. The number of aromatic nitrogens is 3. The molecule has 0 spiro atoms. The Bertz CT molecular complexity index is 1400. The number of hydrogen-bond acceptors (Lipinski definition) is 4. The van der Waals surface area contributed by atoms with Gasteiger partial charge in [-0.3, -0.25) is 9.78 Å². The van der Waals surface area contributed by atoms with Crippen LogP contribution in [0.3, 0.4) is 0 Å². The molecule has 0 radical (unpaired) electrons. The van der Waals surface area contributed by atoms with Gasteiger partial charge in [0, 0.05) is 18.9 Å². The molecule has 3 aromatic carbocycles. The molecule has 0 saturated heterocycles. The lowest BCUT2D eigenvalue weighted by Gasteiger charge is -2.11. The number of imidazole rings is 1. The van der Waals surface area contributed by atoms with Crippen LogP contribution in [0, 0.1) is 0 Å². The number of rotatable bonds is 8. The average Bonchev–Trinajstić information content (AvgIpc) is 3.23. The lowest BCUT2D eigenvalue weighted by molar-refractivity contribution is 0.0949. The molecule has 1 N–H and O–H groups in total. The third-order valence-corrected chi connectivity index (χ3v) is 5.58. The summed E-state index contributed by atoms with van der Waals surface area (Å²) in [6, 6.07) is 25.9. The summed E-state index contributed by atoms with van der Waals surface area (Å²) in [4.78, 5) is 21.2. The lowest BCUT2D eigenvalue weighted by Crippen LogP contribution is -2.25. The van der Waals surface area contributed by atoms with Crippen molar-refractivity contribution < 1.29 is 9.53 Å². The van der Waals surface area contributed by atoms with Crippen molar-refractivity contribution in [1.82, 2.24) is 19.9 Å². The van der Waals surface area contributed by atoms with Gasteiger partial charge in [-0.1, -0.05) is 42.5 Å². The first kappa shape index (κ1) is 20.7. The van der Waals surface area contributed by atoms with Gasteiger partial charge >= 0.3 is 0 Å². The molecule has 0 atom stereocenters. The van der Waals surface area contributed by atoms with Crippen molar-refractivity contribution in [2.75, 3.05) is 6.61 Å². The fourth-order valence-corrected chi connectivity index (χ4v) is 3.94. The number of nitrogens with zero attached hydrogens (tertiary/aromatic N) is 3. The van der Waals surface area contributed by atoms with Crippen molar-refractivity contribution in [3.05, 3.63) is 103 Å². The molecule has 5 rings (SSSR count). The molecule has 0 saturated carbocycles. The molecular formula is C27H24N4O2. The largest absolute Gasteiger partial charge is 0.494 e. The highest BCUT2D eigenvalue weighted by molar-refractivity contribution is 5.93. The Hall–Kier alpha value is -4.19. The minimum atomic E-state index is -0.165. The van der Waals surface area contributed by atoms with E-state index in [-0.39, 0.29) is 5.91 Å². The van der Waals surface area contributed by atoms with E-state index in [0.717, 1.165) is 35.6 Å². The zero-order valence-corrected chi connectivity index (χ0v) is 18.1. The zero-order chi connectivity index (χ0) is 22.5. The number of ether oxygens (including phenoxy) is 1. The lowest BCUT2D eigenvalue weighted by atomic mass is 10.1. The molecule has 6 heteroatoms. The van der Waals surface area contributed by atoms with Crippen LogP contribution in [0.15, 0.2) is 91.3 Å². The third kappa shape index (κ3) is 4.70. The number of nitrogens with one attached hydrogen (secondary N) is 1. The highest BCUT2D eigenvalue weighted by Crippen LogP contribution is 2.21. The Labute approximate surface area is 191 Å². The number of carbonyl (C=O) groups is 1. The Morgan fingerprint density at radius 2 is 1.79 bits per heavy atom. The molecule has 5 aromatic rings. The summed E-state index contributed by atoms with van der Waals surface area (Å²) in [6.07, 6.45) is 4.02. The van der Waals surface area contributed by atoms with E-state index in [1.807, 2.05) is 36.4 Å². The van der Waals surface area contributed by atoms with Crippen LogP contribution < -0.4 is 10.1 Å². The second kappa shape index (κ2) is 9.53. The van der Waals surface area contributed by atoms with Crippen LogP contribution in [0.2, 0.25) is 0 Å². The van der Waals surface area contributed by atoms with Gasteiger partial charge in [-0.15, -0.1) is 0 Å². The van der Waals surface area contributed by atoms with Gasteiger partial charge < -0.3 is 14.6 Å². The number of aryl methyl sites for hydroxylation is 1. The van der Waals surface area contributed by atoms with Crippen LogP contribution in [0.25, 0.3) is 21.8 Å². The van der Waals surface area contributed by atoms with Crippen LogP contribution >= 0.6 is 0 Å². The molecule has 0 unspecified atom stereocenters. The standard InChI is InChI=1S/C27H24N4O2/c32-27(22-9-5-14-28-18-22)29-19-26-30-24-10-3-4-11-25(24)31(26)15-6-16-33-23-13-12-20-7-1-2-8-21(20)17-23/h1-5,7-14,17-18H,6,15-16,19H2,(H,29,32). The van der Waals surface area contributed by atoms with Crippen LogP contribution in [-0.2, 0) is 13.1 Å². The van der Waals surface area contributed by atoms with Gasteiger partial charge in [0.1, 0.15) is 11.6 Å². The summed E-state index contributed by atoms with van der Waals surface area (Å²) >= 11 is 0.